The van der Waals surface area contributed by atoms with Crippen molar-refractivity contribution in [3.63, 3.8) is 0 Å². The number of rotatable bonds is 6. The van der Waals surface area contributed by atoms with Gasteiger partial charge in [-0.3, -0.25) is 10.1 Å². The molecule has 0 aromatic heterocycles. The second kappa shape index (κ2) is 7.21. The molecule has 0 atom stereocenters. The molecule has 22 heavy (non-hydrogen) atoms. The van der Waals surface area contributed by atoms with Crippen LogP contribution >= 0.6 is 0 Å². The summed E-state index contributed by atoms with van der Waals surface area (Å²) in [5, 5.41) is 14.6. The molecule has 0 fully saturated rings. The van der Waals surface area contributed by atoms with Crippen LogP contribution in [0.15, 0.2) is 53.7 Å². The second-order valence-electron chi connectivity index (χ2n) is 4.60. The maximum atomic E-state index is 10.6. The van der Waals surface area contributed by atoms with Gasteiger partial charge in [0.05, 0.1) is 17.7 Å². The highest BCUT2D eigenvalue weighted by atomic mass is 16.6. The molecule has 114 valence electrons. The molecule has 6 heteroatoms. The predicted octanol–water partition coefficient (Wildman–Crippen LogP) is 3.54. The highest BCUT2D eigenvalue weighted by molar-refractivity contribution is 5.98. The van der Waals surface area contributed by atoms with Crippen LogP contribution in [-0.4, -0.2) is 17.7 Å². The summed E-state index contributed by atoms with van der Waals surface area (Å²) < 4.78 is 5.10. The van der Waals surface area contributed by atoms with E-state index in [0.717, 1.165) is 22.6 Å². The van der Waals surface area contributed by atoms with Crippen LogP contribution in [0.3, 0.4) is 0 Å². The Balaban J connectivity index is 1.94. The molecule has 0 saturated heterocycles. The van der Waals surface area contributed by atoms with Crippen molar-refractivity contribution < 1.29 is 14.5 Å². The van der Waals surface area contributed by atoms with E-state index in [1.54, 1.807) is 19.2 Å². The summed E-state index contributed by atoms with van der Waals surface area (Å²) >= 11 is 0. The van der Waals surface area contributed by atoms with Gasteiger partial charge in [-0.15, -0.1) is 0 Å². The van der Waals surface area contributed by atoms with Crippen molar-refractivity contribution in [3.8, 4) is 5.75 Å². The van der Waals surface area contributed by atoms with Crippen molar-refractivity contribution in [2.24, 2.45) is 5.16 Å². The molecule has 0 aliphatic rings. The molecule has 2 rings (SSSR count). The minimum Gasteiger partial charge on any atom is -0.497 e. The molecule has 2 aromatic carbocycles. The fourth-order valence-electron chi connectivity index (χ4n) is 1.80. The zero-order chi connectivity index (χ0) is 15.9. The van der Waals surface area contributed by atoms with Crippen LogP contribution < -0.4 is 4.74 Å². The minimum atomic E-state index is -0.434. The average Bonchev–Trinajstić information content (AvgIpc) is 2.55. The van der Waals surface area contributed by atoms with E-state index in [2.05, 4.69) is 5.16 Å². The fourth-order valence-corrected chi connectivity index (χ4v) is 1.80. The Kier molecular flexibility index (Phi) is 5.08. The zero-order valence-corrected chi connectivity index (χ0v) is 12.4. The van der Waals surface area contributed by atoms with Gasteiger partial charge in [0.15, 0.2) is 0 Å². The van der Waals surface area contributed by atoms with E-state index in [4.69, 9.17) is 9.57 Å². The lowest BCUT2D eigenvalue weighted by molar-refractivity contribution is -0.384. The van der Waals surface area contributed by atoms with Crippen LogP contribution in [0.4, 0.5) is 5.69 Å². The number of methoxy groups -OCH3 is 1. The molecule has 0 N–H and O–H groups in total. The lowest BCUT2D eigenvalue weighted by Gasteiger charge is -2.04. The van der Waals surface area contributed by atoms with Gasteiger partial charge in [-0.2, -0.15) is 0 Å². The first-order chi connectivity index (χ1) is 10.6. The largest absolute Gasteiger partial charge is 0.497 e. The Labute approximate surface area is 128 Å². The summed E-state index contributed by atoms with van der Waals surface area (Å²) in [6, 6.07) is 13.7. The van der Waals surface area contributed by atoms with Crippen molar-refractivity contribution in [2.45, 2.75) is 13.5 Å². The van der Waals surface area contributed by atoms with Gasteiger partial charge in [-0.05, 0) is 54.4 Å². The summed E-state index contributed by atoms with van der Waals surface area (Å²) in [7, 11) is 1.61. The highest BCUT2D eigenvalue weighted by Crippen LogP contribution is 2.14. The van der Waals surface area contributed by atoms with Crippen LogP contribution in [-0.2, 0) is 11.4 Å². The van der Waals surface area contributed by atoms with Gasteiger partial charge in [-0.1, -0.05) is 5.16 Å². The Morgan fingerprint density at radius 1 is 1.14 bits per heavy atom. The number of hydrogen-bond donors (Lipinski definition) is 0. The van der Waals surface area contributed by atoms with Gasteiger partial charge in [0, 0.05) is 12.1 Å². The quantitative estimate of drug-likeness (QED) is 0.464. The first kappa shape index (κ1) is 15.5. The van der Waals surface area contributed by atoms with Crippen LogP contribution in [0.1, 0.15) is 18.1 Å². The highest BCUT2D eigenvalue weighted by Gasteiger charge is 2.04. The molecule has 6 nitrogen and oxygen atoms in total. The number of nitro groups is 1. The first-order valence-electron chi connectivity index (χ1n) is 6.64. The Hall–Kier alpha value is -2.89. The van der Waals surface area contributed by atoms with Crippen LogP contribution in [0.25, 0.3) is 0 Å². The van der Waals surface area contributed by atoms with Crippen molar-refractivity contribution in [1.82, 2.24) is 0 Å². The molecule has 0 bridgehead atoms. The van der Waals surface area contributed by atoms with Gasteiger partial charge >= 0.3 is 0 Å². The minimum absolute atomic E-state index is 0.0571. The Morgan fingerprint density at radius 2 is 1.77 bits per heavy atom. The monoisotopic (exact) mass is 300 g/mol. The number of nitrogens with zero attached hydrogens (tertiary/aromatic N) is 2. The third-order valence-corrected chi connectivity index (χ3v) is 3.09. The molecule has 0 unspecified atom stereocenters. The SMILES string of the molecule is COc1ccc(/C(C)=N\OCc2ccc([N+](=O)[O-])cc2)cc1. The number of hydrogen-bond acceptors (Lipinski definition) is 5. The third kappa shape index (κ3) is 4.05. The van der Waals surface area contributed by atoms with Crippen LogP contribution in [0, 0.1) is 10.1 Å². The summed E-state index contributed by atoms with van der Waals surface area (Å²) in [5.41, 5.74) is 2.55. The average molecular weight is 300 g/mol. The fraction of sp³-hybridized carbons (Fsp3) is 0.188. The van der Waals surface area contributed by atoms with Crippen LogP contribution in [0.5, 0.6) is 5.75 Å². The number of ether oxygens (including phenoxy) is 1. The molecular formula is C16H16N2O4. The van der Waals surface area contributed by atoms with Crippen LogP contribution in [0.2, 0.25) is 0 Å². The van der Waals surface area contributed by atoms with Gasteiger partial charge in [-0.25, -0.2) is 0 Å². The molecule has 0 amide bonds. The zero-order valence-electron chi connectivity index (χ0n) is 12.4. The lowest BCUT2D eigenvalue weighted by Crippen LogP contribution is -1.97. The number of benzene rings is 2. The van der Waals surface area contributed by atoms with Crippen molar-refractivity contribution in [3.05, 3.63) is 69.8 Å². The number of oxime groups is 1. The molecule has 0 saturated carbocycles. The maximum absolute atomic E-state index is 10.6. The van der Waals surface area contributed by atoms with E-state index < -0.39 is 4.92 Å². The third-order valence-electron chi connectivity index (χ3n) is 3.09. The molecule has 0 spiro atoms. The van der Waals surface area contributed by atoms with E-state index >= 15 is 0 Å². The van der Waals surface area contributed by atoms with Gasteiger partial charge in [0.25, 0.3) is 5.69 Å². The lowest BCUT2D eigenvalue weighted by atomic mass is 10.1. The molecule has 2 aromatic rings. The summed E-state index contributed by atoms with van der Waals surface area (Å²) in [5.74, 6) is 0.781. The van der Waals surface area contributed by atoms with Crippen molar-refractivity contribution in [1.29, 1.82) is 0 Å². The van der Waals surface area contributed by atoms with Gasteiger partial charge in [0.1, 0.15) is 12.4 Å². The molecule has 0 aliphatic heterocycles. The van der Waals surface area contributed by atoms with Gasteiger partial charge < -0.3 is 9.57 Å². The molecule has 0 aliphatic carbocycles. The van der Waals surface area contributed by atoms with E-state index in [0.29, 0.717) is 0 Å². The van der Waals surface area contributed by atoms with Gasteiger partial charge in [0.2, 0.25) is 0 Å². The van der Waals surface area contributed by atoms with E-state index in [1.165, 1.54) is 12.1 Å². The molecule has 0 radical (unpaired) electrons. The van der Waals surface area contributed by atoms with Crippen molar-refractivity contribution in [2.75, 3.05) is 7.11 Å². The Morgan fingerprint density at radius 3 is 2.32 bits per heavy atom. The van der Waals surface area contributed by atoms with Crippen molar-refractivity contribution >= 4 is 11.4 Å². The second-order valence-corrected chi connectivity index (χ2v) is 4.60. The summed E-state index contributed by atoms with van der Waals surface area (Å²) in [6.07, 6.45) is 0. The normalized spacial score (nSPS) is 11.1. The number of non-ortho nitro benzene ring substituents is 1. The smallest absolute Gasteiger partial charge is 0.269 e. The van der Waals surface area contributed by atoms with E-state index in [1.807, 2.05) is 31.2 Å². The molecule has 0 heterocycles. The summed E-state index contributed by atoms with van der Waals surface area (Å²) in [4.78, 5) is 15.4. The van der Waals surface area contributed by atoms with E-state index in [-0.39, 0.29) is 12.3 Å². The van der Waals surface area contributed by atoms with E-state index in [9.17, 15) is 10.1 Å². The molecular weight excluding hydrogens is 284 g/mol. The first-order valence-corrected chi connectivity index (χ1v) is 6.64. The Bertz CT molecular complexity index is 664. The maximum Gasteiger partial charge on any atom is 0.269 e. The predicted molar refractivity (Wildman–Crippen MR) is 83.1 cm³/mol. The summed E-state index contributed by atoms with van der Waals surface area (Å²) in [6.45, 7) is 2.10. The number of nitro benzene ring substituents is 1. The topological polar surface area (TPSA) is 74.0 Å². The standard InChI is InChI=1S/C16H16N2O4/c1-12(14-5-9-16(21-2)10-6-14)17-22-11-13-3-7-15(8-4-13)18(19)20/h3-10H,11H2,1-2H3/b17-12-.